The summed E-state index contributed by atoms with van der Waals surface area (Å²) < 4.78 is 5.99. The third-order valence-corrected chi connectivity index (χ3v) is 2.51. The van der Waals surface area contributed by atoms with Crippen LogP contribution < -0.4 is 4.74 Å². The molecule has 2 nitrogen and oxygen atoms in total. The third-order valence-electron chi connectivity index (χ3n) is 1.67. The van der Waals surface area contributed by atoms with Crippen molar-refractivity contribution in [2.24, 2.45) is 0 Å². The molecular formula is C10H10BrClO2. The SMILES string of the molecule is CCOc1cc(Cl)cc(Br)c1C(C)=O. The summed E-state index contributed by atoms with van der Waals surface area (Å²) >= 11 is 9.12. The van der Waals surface area contributed by atoms with E-state index in [0.717, 1.165) is 0 Å². The Morgan fingerprint density at radius 3 is 2.71 bits per heavy atom. The molecule has 0 aliphatic heterocycles. The van der Waals surface area contributed by atoms with E-state index in [2.05, 4.69) is 15.9 Å². The predicted molar refractivity (Wildman–Crippen MR) is 60.3 cm³/mol. The van der Waals surface area contributed by atoms with Gasteiger partial charge in [0.15, 0.2) is 5.78 Å². The van der Waals surface area contributed by atoms with Gasteiger partial charge in [-0.3, -0.25) is 4.79 Å². The summed E-state index contributed by atoms with van der Waals surface area (Å²) in [6.07, 6.45) is 0. The van der Waals surface area contributed by atoms with Crippen LogP contribution in [0.2, 0.25) is 5.02 Å². The van der Waals surface area contributed by atoms with E-state index in [9.17, 15) is 4.79 Å². The normalized spacial score (nSPS) is 10.0. The Hall–Kier alpha value is -0.540. The minimum Gasteiger partial charge on any atom is -0.493 e. The molecule has 0 heterocycles. The van der Waals surface area contributed by atoms with Crippen molar-refractivity contribution in [3.63, 3.8) is 0 Å². The molecular weight excluding hydrogens is 267 g/mol. The minimum atomic E-state index is -0.0445. The van der Waals surface area contributed by atoms with Crippen molar-refractivity contribution in [3.05, 3.63) is 27.2 Å². The van der Waals surface area contributed by atoms with Crippen molar-refractivity contribution >= 4 is 33.3 Å². The largest absolute Gasteiger partial charge is 0.493 e. The first-order chi connectivity index (χ1) is 6.56. The highest BCUT2D eigenvalue weighted by Gasteiger charge is 2.13. The summed E-state index contributed by atoms with van der Waals surface area (Å²) in [7, 11) is 0. The molecule has 0 saturated carbocycles. The molecule has 1 aromatic carbocycles. The van der Waals surface area contributed by atoms with Gasteiger partial charge < -0.3 is 4.74 Å². The van der Waals surface area contributed by atoms with Crippen molar-refractivity contribution in [1.29, 1.82) is 0 Å². The summed E-state index contributed by atoms with van der Waals surface area (Å²) in [4.78, 5) is 11.3. The van der Waals surface area contributed by atoms with Crippen LogP contribution in [0.15, 0.2) is 16.6 Å². The van der Waals surface area contributed by atoms with Gasteiger partial charge in [0.1, 0.15) is 5.75 Å². The third kappa shape index (κ3) is 2.49. The van der Waals surface area contributed by atoms with Gasteiger partial charge in [-0.15, -0.1) is 0 Å². The lowest BCUT2D eigenvalue weighted by molar-refractivity contribution is 0.101. The van der Waals surface area contributed by atoms with E-state index in [1.54, 1.807) is 12.1 Å². The zero-order valence-corrected chi connectivity index (χ0v) is 10.3. The molecule has 1 rings (SSSR count). The van der Waals surface area contributed by atoms with Crippen LogP contribution in [-0.2, 0) is 0 Å². The number of ketones is 1. The molecule has 0 bridgehead atoms. The van der Waals surface area contributed by atoms with Gasteiger partial charge in [-0.2, -0.15) is 0 Å². The predicted octanol–water partition coefficient (Wildman–Crippen LogP) is 3.70. The van der Waals surface area contributed by atoms with E-state index < -0.39 is 0 Å². The van der Waals surface area contributed by atoms with Crippen molar-refractivity contribution in [3.8, 4) is 5.75 Å². The molecule has 0 aromatic heterocycles. The lowest BCUT2D eigenvalue weighted by Gasteiger charge is -2.10. The second-order valence-corrected chi connectivity index (χ2v) is 4.04. The average molecular weight is 278 g/mol. The lowest BCUT2D eigenvalue weighted by Crippen LogP contribution is -2.01. The number of Topliss-reactive ketones (excluding diaryl/α,β-unsaturated/α-hetero) is 1. The summed E-state index contributed by atoms with van der Waals surface area (Å²) in [5, 5.41) is 0.547. The van der Waals surface area contributed by atoms with Gasteiger partial charge in [-0.1, -0.05) is 11.6 Å². The highest BCUT2D eigenvalue weighted by atomic mass is 79.9. The molecule has 76 valence electrons. The molecule has 0 saturated heterocycles. The summed E-state index contributed by atoms with van der Waals surface area (Å²) in [5.74, 6) is 0.483. The summed E-state index contributed by atoms with van der Waals surface area (Å²) in [5.41, 5.74) is 0.538. The van der Waals surface area contributed by atoms with Gasteiger partial charge in [-0.25, -0.2) is 0 Å². The van der Waals surface area contributed by atoms with Crippen LogP contribution in [0.25, 0.3) is 0 Å². The molecule has 4 heteroatoms. The quantitative estimate of drug-likeness (QED) is 0.787. The van der Waals surface area contributed by atoms with Gasteiger partial charge in [-0.05, 0) is 41.9 Å². The Bertz CT molecular complexity index is 363. The first-order valence-corrected chi connectivity index (χ1v) is 5.36. The highest BCUT2D eigenvalue weighted by molar-refractivity contribution is 9.10. The van der Waals surface area contributed by atoms with Gasteiger partial charge >= 0.3 is 0 Å². The minimum absolute atomic E-state index is 0.0445. The first kappa shape index (κ1) is 11.5. The Balaban J connectivity index is 3.28. The Morgan fingerprint density at radius 1 is 1.57 bits per heavy atom. The number of rotatable bonds is 3. The Kier molecular flexibility index (Phi) is 3.96. The number of carbonyl (C=O) groups excluding carboxylic acids is 1. The van der Waals surface area contributed by atoms with Crippen LogP contribution in [0.5, 0.6) is 5.75 Å². The van der Waals surface area contributed by atoms with Crippen molar-refractivity contribution < 1.29 is 9.53 Å². The maximum atomic E-state index is 11.3. The number of ether oxygens (including phenoxy) is 1. The topological polar surface area (TPSA) is 26.3 Å². The lowest BCUT2D eigenvalue weighted by atomic mass is 10.1. The van der Waals surface area contributed by atoms with E-state index in [4.69, 9.17) is 16.3 Å². The van der Waals surface area contributed by atoms with Gasteiger partial charge in [0.05, 0.1) is 12.2 Å². The van der Waals surface area contributed by atoms with E-state index in [0.29, 0.717) is 27.4 Å². The molecule has 0 radical (unpaired) electrons. The molecule has 14 heavy (non-hydrogen) atoms. The number of hydrogen-bond acceptors (Lipinski definition) is 2. The molecule has 0 fully saturated rings. The van der Waals surface area contributed by atoms with Gasteiger partial charge in [0.25, 0.3) is 0 Å². The fourth-order valence-corrected chi connectivity index (χ4v) is 2.22. The van der Waals surface area contributed by atoms with Crippen molar-refractivity contribution in [2.45, 2.75) is 13.8 Å². The van der Waals surface area contributed by atoms with Crippen molar-refractivity contribution in [2.75, 3.05) is 6.61 Å². The number of hydrogen-bond donors (Lipinski definition) is 0. The number of benzene rings is 1. The van der Waals surface area contributed by atoms with Crippen LogP contribution in [0.1, 0.15) is 24.2 Å². The zero-order valence-electron chi connectivity index (χ0n) is 7.93. The van der Waals surface area contributed by atoms with E-state index in [-0.39, 0.29) is 5.78 Å². The second-order valence-electron chi connectivity index (χ2n) is 2.75. The highest BCUT2D eigenvalue weighted by Crippen LogP contribution is 2.31. The standard InChI is InChI=1S/C10H10BrClO2/c1-3-14-9-5-7(12)4-8(11)10(9)6(2)13/h4-5H,3H2,1-2H3. The van der Waals surface area contributed by atoms with Crippen LogP contribution in [-0.4, -0.2) is 12.4 Å². The smallest absolute Gasteiger partial charge is 0.164 e. The fraction of sp³-hybridized carbons (Fsp3) is 0.300. The molecule has 0 N–H and O–H groups in total. The molecule has 0 unspecified atom stereocenters. The maximum absolute atomic E-state index is 11.3. The van der Waals surface area contributed by atoms with Gasteiger partial charge in [0.2, 0.25) is 0 Å². The second kappa shape index (κ2) is 4.80. The molecule has 0 aliphatic rings. The fourth-order valence-electron chi connectivity index (χ4n) is 1.16. The van der Waals surface area contributed by atoms with E-state index in [1.165, 1.54) is 6.92 Å². The molecule has 0 aliphatic carbocycles. The van der Waals surface area contributed by atoms with Gasteiger partial charge in [0, 0.05) is 9.50 Å². The maximum Gasteiger partial charge on any atom is 0.164 e. The number of halogens is 2. The van der Waals surface area contributed by atoms with Crippen molar-refractivity contribution in [1.82, 2.24) is 0 Å². The van der Waals surface area contributed by atoms with Crippen LogP contribution in [0.4, 0.5) is 0 Å². The first-order valence-electron chi connectivity index (χ1n) is 4.19. The van der Waals surface area contributed by atoms with E-state index >= 15 is 0 Å². The molecule has 1 aromatic rings. The summed E-state index contributed by atoms with van der Waals surface area (Å²) in [6, 6.07) is 3.33. The molecule has 0 atom stereocenters. The number of carbonyl (C=O) groups is 1. The molecule has 0 spiro atoms. The van der Waals surface area contributed by atoms with E-state index in [1.807, 2.05) is 6.92 Å². The van der Waals surface area contributed by atoms with Crippen LogP contribution in [0.3, 0.4) is 0 Å². The van der Waals surface area contributed by atoms with Crippen LogP contribution in [0, 0.1) is 0 Å². The van der Waals surface area contributed by atoms with Crippen LogP contribution >= 0.6 is 27.5 Å². The Labute approximate surface area is 96.3 Å². The zero-order chi connectivity index (χ0) is 10.7. The monoisotopic (exact) mass is 276 g/mol. The average Bonchev–Trinajstić information content (AvgIpc) is 2.01. The Morgan fingerprint density at radius 2 is 2.21 bits per heavy atom. The summed E-state index contributed by atoms with van der Waals surface area (Å²) in [6.45, 7) is 3.86. The molecule has 0 amide bonds.